The van der Waals surface area contributed by atoms with Crippen molar-refractivity contribution in [2.24, 2.45) is 0 Å². The van der Waals surface area contributed by atoms with Gasteiger partial charge in [0.15, 0.2) is 0 Å². The van der Waals surface area contributed by atoms with E-state index in [9.17, 15) is 4.39 Å². The van der Waals surface area contributed by atoms with Crippen LogP contribution < -0.4 is 5.32 Å². The normalized spacial score (nSPS) is 12.5. The minimum absolute atomic E-state index is 0.208. The number of benzene rings is 2. The molecule has 1 nitrogen and oxygen atoms in total. The first-order valence-electron chi connectivity index (χ1n) is 5.60. The molecule has 0 amide bonds. The SMILES string of the molecule is CNC(c1cc(Br)ccc1F)c1ccc(Br)cc1Br. The van der Waals surface area contributed by atoms with Gasteiger partial charge in [0.05, 0.1) is 6.04 Å². The first-order valence-corrected chi connectivity index (χ1v) is 7.98. The summed E-state index contributed by atoms with van der Waals surface area (Å²) in [5.41, 5.74) is 1.60. The maximum absolute atomic E-state index is 14.0. The summed E-state index contributed by atoms with van der Waals surface area (Å²) in [6.45, 7) is 0. The summed E-state index contributed by atoms with van der Waals surface area (Å²) < 4.78 is 16.8. The lowest BCUT2D eigenvalue weighted by Gasteiger charge is -2.20. The van der Waals surface area contributed by atoms with Crippen molar-refractivity contribution >= 4 is 47.8 Å². The van der Waals surface area contributed by atoms with Crippen molar-refractivity contribution in [1.29, 1.82) is 0 Å². The Hall–Kier alpha value is -0.230. The van der Waals surface area contributed by atoms with Crippen LogP contribution in [-0.2, 0) is 0 Å². The fourth-order valence-corrected chi connectivity index (χ4v) is 3.60. The third-order valence-corrected chi connectivity index (χ3v) is 4.50. The van der Waals surface area contributed by atoms with E-state index in [4.69, 9.17) is 0 Å². The predicted octanol–water partition coefficient (Wildman–Crippen LogP) is 5.42. The summed E-state index contributed by atoms with van der Waals surface area (Å²) in [5.74, 6) is -0.225. The Balaban J connectivity index is 2.52. The molecule has 1 unspecified atom stereocenters. The zero-order valence-electron chi connectivity index (χ0n) is 10.1. The second-order valence-electron chi connectivity index (χ2n) is 4.05. The van der Waals surface area contributed by atoms with Crippen LogP contribution in [0.5, 0.6) is 0 Å². The quantitative estimate of drug-likeness (QED) is 0.656. The number of halogens is 4. The molecular weight excluding hydrogens is 441 g/mol. The van der Waals surface area contributed by atoms with Gasteiger partial charge in [0.25, 0.3) is 0 Å². The number of hydrogen-bond donors (Lipinski definition) is 1. The monoisotopic (exact) mass is 449 g/mol. The highest BCUT2D eigenvalue weighted by molar-refractivity contribution is 9.11. The maximum atomic E-state index is 14.0. The van der Waals surface area contributed by atoms with Crippen LogP contribution in [0.3, 0.4) is 0 Å². The summed E-state index contributed by atoms with van der Waals surface area (Å²) in [6.07, 6.45) is 0. The van der Waals surface area contributed by atoms with Crippen molar-refractivity contribution in [1.82, 2.24) is 5.32 Å². The lowest BCUT2D eigenvalue weighted by atomic mass is 9.98. The Bertz CT molecular complexity index is 601. The molecule has 1 N–H and O–H groups in total. The van der Waals surface area contributed by atoms with Crippen LogP contribution in [0.25, 0.3) is 0 Å². The van der Waals surface area contributed by atoms with E-state index in [0.717, 1.165) is 19.0 Å². The van der Waals surface area contributed by atoms with Gasteiger partial charge < -0.3 is 5.32 Å². The average molecular weight is 452 g/mol. The first kappa shape index (κ1) is 15.2. The molecule has 100 valence electrons. The predicted molar refractivity (Wildman–Crippen MR) is 86.8 cm³/mol. The van der Waals surface area contributed by atoms with Crippen LogP contribution in [-0.4, -0.2) is 7.05 Å². The zero-order chi connectivity index (χ0) is 14.0. The summed E-state index contributed by atoms with van der Waals surface area (Å²) in [7, 11) is 1.82. The third kappa shape index (κ3) is 3.45. The Labute approximate surface area is 137 Å². The Kier molecular flexibility index (Phi) is 5.17. The molecule has 2 rings (SSSR count). The zero-order valence-corrected chi connectivity index (χ0v) is 14.8. The Morgan fingerprint density at radius 1 is 0.947 bits per heavy atom. The Morgan fingerprint density at radius 3 is 2.21 bits per heavy atom. The fourth-order valence-electron chi connectivity index (χ4n) is 1.95. The van der Waals surface area contributed by atoms with E-state index in [1.54, 1.807) is 12.1 Å². The summed E-state index contributed by atoms with van der Waals surface area (Å²) in [4.78, 5) is 0. The molecule has 2 aromatic carbocycles. The second-order valence-corrected chi connectivity index (χ2v) is 6.74. The highest BCUT2D eigenvalue weighted by Crippen LogP contribution is 2.32. The molecule has 0 aliphatic rings. The van der Waals surface area contributed by atoms with Gasteiger partial charge in [-0.15, -0.1) is 0 Å². The van der Waals surface area contributed by atoms with Crippen LogP contribution >= 0.6 is 47.8 Å². The standard InChI is InChI=1S/C14H11Br3FN/c1-19-14(10-4-2-9(16)7-12(10)17)11-6-8(15)3-5-13(11)18/h2-7,14,19H,1H3. The van der Waals surface area contributed by atoms with Crippen molar-refractivity contribution in [3.8, 4) is 0 Å². The minimum Gasteiger partial charge on any atom is -0.309 e. The highest BCUT2D eigenvalue weighted by atomic mass is 79.9. The summed E-state index contributed by atoms with van der Waals surface area (Å²) in [6, 6.07) is 10.6. The minimum atomic E-state index is -0.225. The average Bonchev–Trinajstić information content (AvgIpc) is 2.36. The van der Waals surface area contributed by atoms with Crippen molar-refractivity contribution < 1.29 is 4.39 Å². The van der Waals surface area contributed by atoms with Crippen LogP contribution in [0.15, 0.2) is 49.8 Å². The van der Waals surface area contributed by atoms with Gasteiger partial charge in [-0.2, -0.15) is 0 Å². The molecule has 0 aliphatic carbocycles. The number of rotatable bonds is 3. The van der Waals surface area contributed by atoms with Gasteiger partial charge in [0.1, 0.15) is 5.82 Å². The van der Waals surface area contributed by atoms with Gasteiger partial charge >= 0.3 is 0 Å². The van der Waals surface area contributed by atoms with Crippen LogP contribution in [0, 0.1) is 5.82 Å². The summed E-state index contributed by atoms with van der Waals surface area (Å²) >= 11 is 10.3. The lowest BCUT2D eigenvalue weighted by molar-refractivity contribution is 0.575. The molecule has 0 radical (unpaired) electrons. The van der Waals surface area contributed by atoms with Crippen LogP contribution in [0.1, 0.15) is 17.2 Å². The molecule has 19 heavy (non-hydrogen) atoms. The largest absolute Gasteiger partial charge is 0.309 e. The van der Waals surface area contributed by atoms with E-state index < -0.39 is 0 Å². The van der Waals surface area contributed by atoms with Crippen molar-refractivity contribution in [3.63, 3.8) is 0 Å². The molecule has 0 spiro atoms. The molecule has 0 saturated heterocycles. The van der Waals surface area contributed by atoms with Crippen molar-refractivity contribution in [3.05, 3.63) is 66.8 Å². The van der Waals surface area contributed by atoms with E-state index in [-0.39, 0.29) is 11.9 Å². The van der Waals surface area contributed by atoms with Crippen molar-refractivity contribution in [2.45, 2.75) is 6.04 Å². The third-order valence-electron chi connectivity index (χ3n) is 2.83. The van der Waals surface area contributed by atoms with Crippen LogP contribution in [0.2, 0.25) is 0 Å². The molecule has 0 aliphatic heterocycles. The van der Waals surface area contributed by atoms with Gasteiger partial charge in [0.2, 0.25) is 0 Å². The van der Waals surface area contributed by atoms with Gasteiger partial charge in [-0.1, -0.05) is 53.9 Å². The number of hydrogen-bond acceptors (Lipinski definition) is 1. The van der Waals surface area contributed by atoms with E-state index >= 15 is 0 Å². The molecule has 0 heterocycles. The lowest BCUT2D eigenvalue weighted by Crippen LogP contribution is -2.19. The molecule has 0 bridgehead atoms. The van der Waals surface area contributed by atoms with Gasteiger partial charge in [-0.3, -0.25) is 0 Å². The topological polar surface area (TPSA) is 12.0 Å². The van der Waals surface area contributed by atoms with E-state index in [1.165, 1.54) is 6.07 Å². The molecule has 0 aromatic heterocycles. The van der Waals surface area contributed by atoms with Gasteiger partial charge in [-0.25, -0.2) is 4.39 Å². The summed E-state index contributed by atoms with van der Waals surface area (Å²) in [5, 5.41) is 3.16. The molecule has 2 aromatic rings. The molecular formula is C14H11Br3FN. The fraction of sp³-hybridized carbons (Fsp3) is 0.143. The van der Waals surface area contributed by atoms with Crippen molar-refractivity contribution in [2.75, 3.05) is 7.05 Å². The van der Waals surface area contributed by atoms with Crippen LogP contribution in [0.4, 0.5) is 4.39 Å². The first-order chi connectivity index (χ1) is 9.02. The van der Waals surface area contributed by atoms with E-state index in [2.05, 4.69) is 53.1 Å². The Morgan fingerprint density at radius 2 is 1.58 bits per heavy atom. The maximum Gasteiger partial charge on any atom is 0.128 e. The van der Waals surface area contributed by atoms with E-state index in [1.807, 2.05) is 25.2 Å². The second kappa shape index (κ2) is 6.48. The van der Waals surface area contributed by atoms with Gasteiger partial charge in [0, 0.05) is 19.0 Å². The molecule has 0 saturated carbocycles. The smallest absolute Gasteiger partial charge is 0.128 e. The van der Waals surface area contributed by atoms with Gasteiger partial charge in [-0.05, 0) is 42.9 Å². The van der Waals surface area contributed by atoms with E-state index in [0.29, 0.717) is 5.56 Å². The molecule has 1 atom stereocenters. The number of nitrogens with one attached hydrogen (secondary N) is 1. The molecule has 0 fully saturated rings. The molecule has 5 heteroatoms. The highest BCUT2D eigenvalue weighted by Gasteiger charge is 2.18.